The van der Waals surface area contributed by atoms with Crippen molar-refractivity contribution in [3.8, 4) is 5.75 Å². The Morgan fingerprint density at radius 2 is 2.08 bits per heavy atom. The van der Waals surface area contributed by atoms with E-state index < -0.39 is 12.1 Å². The summed E-state index contributed by atoms with van der Waals surface area (Å²) in [6.07, 6.45) is 0.550. The van der Waals surface area contributed by atoms with Gasteiger partial charge in [-0.05, 0) is 42.6 Å². The summed E-state index contributed by atoms with van der Waals surface area (Å²) in [4.78, 5) is 28.8. The van der Waals surface area contributed by atoms with Crippen molar-refractivity contribution in [1.82, 2.24) is 9.55 Å². The van der Waals surface area contributed by atoms with Crippen molar-refractivity contribution in [2.24, 2.45) is 0 Å². The minimum absolute atomic E-state index is 0.00681. The molecule has 0 amide bonds. The highest BCUT2D eigenvalue weighted by atomic mass is 32.1. The lowest BCUT2D eigenvalue weighted by Gasteiger charge is -2.14. The number of carbonyl (C=O) groups excluding carboxylic acids is 1. The number of esters is 1. The maximum atomic E-state index is 12.3. The average molecular weight is 374 g/mol. The van der Waals surface area contributed by atoms with E-state index in [-0.39, 0.29) is 18.7 Å². The zero-order valence-corrected chi connectivity index (χ0v) is 14.9. The first-order chi connectivity index (χ1) is 12.6. The first-order valence-electron chi connectivity index (χ1n) is 8.09. The van der Waals surface area contributed by atoms with E-state index in [0.717, 1.165) is 0 Å². The molecule has 7 nitrogen and oxygen atoms in total. The van der Waals surface area contributed by atoms with Crippen LogP contribution in [0.2, 0.25) is 0 Å². The highest BCUT2D eigenvalue weighted by molar-refractivity contribution is 7.16. The summed E-state index contributed by atoms with van der Waals surface area (Å²) in [5.74, 6) is 0.116. The van der Waals surface area contributed by atoms with Crippen LogP contribution in [-0.2, 0) is 11.3 Å². The Kier molecular flexibility index (Phi) is 5.65. The molecule has 0 aliphatic heterocycles. The van der Waals surface area contributed by atoms with E-state index in [9.17, 15) is 14.7 Å². The van der Waals surface area contributed by atoms with E-state index in [2.05, 4.69) is 4.98 Å². The number of hydrogen-bond acceptors (Lipinski definition) is 7. The molecule has 0 fully saturated rings. The number of hydrogen-bond donors (Lipinski definition) is 1. The van der Waals surface area contributed by atoms with Gasteiger partial charge in [-0.2, -0.15) is 0 Å². The molecule has 1 atom stereocenters. The number of fused-ring (bicyclic) bond motifs is 1. The lowest BCUT2D eigenvalue weighted by molar-refractivity contribution is 0.0526. The van der Waals surface area contributed by atoms with E-state index in [4.69, 9.17) is 9.47 Å². The molecule has 8 heteroatoms. The van der Waals surface area contributed by atoms with Crippen molar-refractivity contribution in [2.75, 3.05) is 13.2 Å². The Bertz CT molecular complexity index is 948. The molecule has 0 saturated heterocycles. The number of ether oxygens (including phenoxy) is 2. The van der Waals surface area contributed by atoms with Gasteiger partial charge in [-0.25, -0.2) is 9.78 Å². The molecule has 0 bridgehead atoms. The number of carbonyl (C=O) groups is 1. The molecule has 0 saturated carbocycles. The molecule has 3 aromatic rings. The zero-order valence-electron chi connectivity index (χ0n) is 14.1. The molecule has 0 unspecified atom stereocenters. The normalized spacial score (nSPS) is 12.1. The van der Waals surface area contributed by atoms with E-state index in [1.807, 2.05) is 5.38 Å². The molecule has 26 heavy (non-hydrogen) atoms. The second-order valence-electron chi connectivity index (χ2n) is 5.55. The topological polar surface area (TPSA) is 90.7 Å². The number of benzene rings is 1. The van der Waals surface area contributed by atoms with Gasteiger partial charge in [0.1, 0.15) is 23.3 Å². The Labute approximate surface area is 153 Å². The first-order valence-corrected chi connectivity index (χ1v) is 8.97. The molecule has 2 heterocycles. The summed E-state index contributed by atoms with van der Waals surface area (Å²) in [7, 11) is 0. The van der Waals surface area contributed by atoms with Gasteiger partial charge in [0.05, 0.1) is 30.4 Å². The van der Waals surface area contributed by atoms with E-state index in [1.165, 1.54) is 22.2 Å². The fourth-order valence-electron chi connectivity index (χ4n) is 2.40. The van der Waals surface area contributed by atoms with Gasteiger partial charge < -0.3 is 14.6 Å². The van der Waals surface area contributed by atoms with Crippen LogP contribution in [0.3, 0.4) is 0 Å². The molecule has 1 aromatic carbocycles. The number of aliphatic hydroxyl groups excluding tert-OH is 1. The van der Waals surface area contributed by atoms with Crippen LogP contribution in [0, 0.1) is 0 Å². The van der Waals surface area contributed by atoms with Crippen LogP contribution < -0.4 is 10.3 Å². The standard InChI is InChI=1S/C18H18N2O5S/c1-2-24-18(23)12-3-5-14(6-4-12)25-10-13(21)9-20-11-19-16-15(17(20)22)7-8-26-16/h3-8,11,13,21H,2,9-10H2,1H3/t13-/m1/s1. The number of nitrogens with zero attached hydrogens (tertiary/aromatic N) is 2. The smallest absolute Gasteiger partial charge is 0.338 e. The fraction of sp³-hybridized carbons (Fsp3) is 0.278. The Balaban J connectivity index is 1.58. The van der Waals surface area contributed by atoms with Crippen molar-refractivity contribution in [1.29, 1.82) is 0 Å². The van der Waals surface area contributed by atoms with Crippen LogP contribution in [0.4, 0.5) is 0 Å². The summed E-state index contributed by atoms with van der Waals surface area (Å²) < 4.78 is 11.8. The number of aromatic nitrogens is 2. The molecule has 0 radical (unpaired) electrons. The van der Waals surface area contributed by atoms with Gasteiger partial charge in [-0.3, -0.25) is 9.36 Å². The third kappa shape index (κ3) is 4.09. The van der Waals surface area contributed by atoms with Gasteiger partial charge in [0.25, 0.3) is 5.56 Å². The van der Waals surface area contributed by atoms with Gasteiger partial charge in [-0.15, -0.1) is 11.3 Å². The van der Waals surface area contributed by atoms with Crippen LogP contribution in [0.15, 0.2) is 46.8 Å². The van der Waals surface area contributed by atoms with Gasteiger partial charge in [0.2, 0.25) is 0 Å². The fourth-order valence-corrected chi connectivity index (χ4v) is 3.12. The quantitative estimate of drug-likeness (QED) is 0.637. The predicted molar refractivity (Wildman–Crippen MR) is 97.8 cm³/mol. The second kappa shape index (κ2) is 8.11. The average Bonchev–Trinajstić information content (AvgIpc) is 3.12. The van der Waals surface area contributed by atoms with Gasteiger partial charge in [0, 0.05) is 0 Å². The van der Waals surface area contributed by atoms with Crippen LogP contribution in [-0.4, -0.2) is 39.9 Å². The Morgan fingerprint density at radius 1 is 1.31 bits per heavy atom. The highest BCUT2D eigenvalue weighted by Gasteiger charge is 2.11. The largest absolute Gasteiger partial charge is 0.491 e. The van der Waals surface area contributed by atoms with Crippen LogP contribution in [0.1, 0.15) is 17.3 Å². The molecule has 3 rings (SSSR count). The molecule has 136 valence electrons. The van der Waals surface area contributed by atoms with Crippen LogP contribution in [0.5, 0.6) is 5.75 Å². The maximum absolute atomic E-state index is 12.3. The molecule has 2 aromatic heterocycles. The summed E-state index contributed by atoms with van der Waals surface area (Å²) in [5.41, 5.74) is 0.246. The van der Waals surface area contributed by atoms with Crippen molar-refractivity contribution in [3.05, 3.63) is 58.0 Å². The van der Waals surface area contributed by atoms with Crippen molar-refractivity contribution in [2.45, 2.75) is 19.6 Å². The van der Waals surface area contributed by atoms with E-state index in [1.54, 1.807) is 37.3 Å². The molecular formula is C18H18N2O5S. The molecule has 1 N–H and O–H groups in total. The van der Waals surface area contributed by atoms with Gasteiger partial charge in [-0.1, -0.05) is 0 Å². The number of aliphatic hydroxyl groups is 1. The van der Waals surface area contributed by atoms with Gasteiger partial charge >= 0.3 is 5.97 Å². The van der Waals surface area contributed by atoms with E-state index >= 15 is 0 Å². The lowest BCUT2D eigenvalue weighted by Crippen LogP contribution is -2.30. The van der Waals surface area contributed by atoms with Gasteiger partial charge in [0.15, 0.2) is 0 Å². The predicted octanol–water partition coefficient (Wildman–Crippen LogP) is 2.07. The highest BCUT2D eigenvalue weighted by Crippen LogP contribution is 2.15. The summed E-state index contributed by atoms with van der Waals surface area (Å²) >= 11 is 1.40. The monoisotopic (exact) mass is 374 g/mol. The van der Waals surface area contributed by atoms with E-state index in [0.29, 0.717) is 28.1 Å². The maximum Gasteiger partial charge on any atom is 0.338 e. The Hall–Kier alpha value is -2.71. The third-order valence-corrected chi connectivity index (χ3v) is 4.49. The van der Waals surface area contributed by atoms with Crippen molar-refractivity contribution < 1.29 is 19.4 Å². The minimum atomic E-state index is -0.879. The second-order valence-corrected chi connectivity index (χ2v) is 6.45. The Morgan fingerprint density at radius 3 is 2.81 bits per heavy atom. The molecule has 0 spiro atoms. The summed E-state index contributed by atoms with van der Waals surface area (Å²) in [6, 6.07) is 8.17. The van der Waals surface area contributed by atoms with Crippen molar-refractivity contribution in [3.63, 3.8) is 0 Å². The van der Waals surface area contributed by atoms with Crippen LogP contribution in [0.25, 0.3) is 10.2 Å². The number of rotatable bonds is 7. The lowest BCUT2D eigenvalue weighted by atomic mass is 10.2. The minimum Gasteiger partial charge on any atom is -0.491 e. The number of thiophene rings is 1. The van der Waals surface area contributed by atoms with Crippen molar-refractivity contribution >= 4 is 27.5 Å². The molecular weight excluding hydrogens is 356 g/mol. The molecule has 0 aliphatic rings. The zero-order chi connectivity index (χ0) is 18.5. The first kappa shape index (κ1) is 18.1. The summed E-state index contributed by atoms with van der Waals surface area (Å²) in [6.45, 7) is 2.15. The molecule has 0 aliphatic carbocycles. The third-order valence-electron chi connectivity index (χ3n) is 3.67. The van der Waals surface area contributed by atoms with Crippen LogP contribution >= 0.6 is 11.3 Å². The summed E-state index contributed by atoms with van der Waals surface area (Å²) in [5, 5.41) is 12.5. The SMILES string of the molecule is CCOC(=O)c1ccc(OC[C@H](O)Cn2cnc3sccc3c2=O)cc1.